The van der Waals surface area contributed by atoms with Crippen LogP contribution in [0.4, 0.5) is 0 Å². The van der Waals surface area contributed by atoms with Gasteiger partial charge in [0.05, 0.1) is 5.41 Å². The topological polar surface area (TPSA) is 40.6 Å². The second-order valence-electron chi connectivity index (χ2n) is 9.37. The van der Waals surface area contributed by atoms with Crippen LogP contribution in [0.15, 0.2) is 0 Å². The van der Waals surface area contributed by atoms with E-state index in [0.29, 0.717) is 18.4 Å². The van der Waals surface area contributed by atoms with Crippen molar-refractivity contribution >= 4 is 11.8 Å². The predicted octanol–water partition coefficient (Wildman–Crippen LogP) is 3.45. The highest BCUT2D eigenvalue weighted by Gasteiger charge is 2.50. The van der Waals surface area contributed by atoms with Crippen LogP contribution in [0.1, 0.15) is 72.1 Å². The number of carbonyl (C=O) groups is 2. The highest BCUT2D eigenvalue weighted by molar-refractivity contribution is 5.87. The molecule has 3 rings (SSSR count). The summed E-state index contributed by atoms with van der Waals surface area (Å²) in [5, 5.41) is 0. The van der Waals surface area contributed by atoms with Gasteiger partial charge in [0.1, 0.15) is 0 Å². The molecule has 0 aromatic rings. The Morgan fingerprint density at radius 1 is 1.08 bits per heavy atom. The molecule has 1 aliphatic carbocycles. The van der Waals surface area contributed by atoms with Gasteiger partial charge in [0.15, 0.2) is 0 Å². The summed E-state index contributed by atoms with van der Waals surface area (Å²) in [4.78, 5) is 29.9. The van der Waals surface area contributed by atoms with Crippen LogP contribution in [0.2, 0.25) is 0 Å². The maximum atomic E-state index is 13.2. The van der Waals surface area contributed by atoms with E-state index in [1.165, 1.54) is 32.1 Å². The molecule has 4 nitrogen and oxygen atoms in total. The fraction of sp³-hybridized carbons (Fsp3) is 0.900. The summed E-state index contributed by atoms with van der Waals surface area (Å²) in [6.45, 7) is 9.18. The summed E-state index contributed by atoms with van der Waals surface area (Å²) in [6, 6.07) is 0. The Balaban J connectivity index is 1.65. The molecule has 0 aromatic heterocycles. The van der Waals surface area contributed by atoms with Crippen molar-refractivity contribution in [1.82, 2.24) is 9.80 Å². The SMILES string of the molecule is CC(C)(C)C(=O)N1CCC2(CCCN(CC3CCCCC3)C2=O)C1. The summed E-state index contributed by atoms with van der Waals surface area (Å²) in [5.74, 6) is 1.23. The van der Waals surface area contributed by atoms with Crippen LogP contribution < -0.4 is 0 Å². The van der Waals surface area contributed by atoms with Crippen molar-refractivity contribution in [2.24, 2.45) is 16.7 Å². The van der Waals surface area contributed by atoms with Gasteiger partial charge in [0.25, 0.3) is 0 Å². The van der Waals surface area contributed by atoms with Crippen molar-refractivity contribution in [2.75, 3.05) is 26.2 Å². The summed E-state index contributed by atoms with van der Waals surface area (Å²) < 4.78 is 0. The molecule has 2 heterocycles. The van der Waals surface area contributed by atoms with Crippen molar-refractivity contribution in [2.45, 2.75) is 72.1 Å². The minimum Gasteiger partial charge on any atom is -0.342 e. The quantitative estimate of drug-likeness (QED) is 0.776. The highest BCUT2D eigenvalue weighted by atomic mass is 16.2. The first-order valence-corrected chi connectivity index (χ1v) is 9.91. The Hall–Kier alpha value is -1.06. The van der Waals surface area contributed by atoms with Crippen LogP contribution >= 0.6 is 0 Å². The number of likely N-dealkylation sites (tertiary alicyclic amines) is 2. The molecule has 3 aliphatic rings. The molecule has 2 aliphatic heterocycles. The Kier molecular flexibility index (Phi) is 4.94. The van der Waals surface area contributed by atoms with E-state index in [1.54, 1.807) is 0 Å². The van der Waals surface area contributed by atoms with Gasteiger partial charge in [0, 0.05) is 31.6 Å². The summed E-state index contributed by atoms with van der Waals surface area (Å²) in [7, 11) is 0. The van der Waals surface area contributed by atoms with Gasteiger partial charge in [-0.05, 0) is 38.0 Å². The zero-order chi connectivity index (χ0) is 17.4. The fourth-order valence-electron chi connectivity index (χ4n) is 4.91. The number of hydrogen-bond acceptors (Lipinski definition) is 2. The Morgan fingerprint density at radius 2 is 1.79 bits per heavy atom. The second-order valence-corrected chi connectivity index (χ2v) is 9.37. The first kappa shape index (κ1) is 17.8. The van der Waals surface area contributed by atoms with E-state index in [4.69, 9.17) is 0 Å². The minimum absolute atomic E-state index is 0.191. The van der Waals surface area contributed by atoms with Crippen LogP contribution in [0.3, 0.4) is 0 Å². The van der Waals surface area contributed by atoms with Gasteiger partial charge in [-0.1, -0.05) is 40.0 Å². The molecule has 0 bridgehead atoms. The van der Waals surface area contributed by atoms with Gasteiger partial charge in [-0.3, -0.25) is 9.59 Å². The third-order valence-corrected chi connectivity index (χ3v) is 6.31. The number of carbonyl (C=O) groups excluding carboxylic acids is 2. The largest absolute Gasteiger partial charge is 0.342 e. The average molecular weight is 335 g/mol. The molecule has 1 unspecified atom stereocenters. The van der Waals surface area contributed by atoms with E-state index in [-0.39, 0.29) is 16.7 Å². The lowest BCUT2D eigenvalue weighted by Crippen LogP contribution is -2.52. The molecule has 4 heteroatoms. The van der Waals surface area contributed by atoms with Crippen molar-refractivity contribution in [3.05, 3.63) is 0 Å². The molecule has 0 aromatic carbocycles. The van der Waals surface area contributed by atoms with Gasteiger partial charge in [-0.25, -0.2) is 0 Å². The standard InChI is InChI=1S/C20H34N2O2/c1-19(2,3)17(23)22-13-11-20(15-22)10-7-12-21(18(20)24)14-16-8-5-4-6-9-16/h16H,4-15H2,1-3H3. The zero-order valence-corrected chi connectivity index (χ0v) is 15.8. The summed E-state index contributed by atoms with van der Waals surface area (Å²) in [6.07, 6.45) is 9.48. The third-order valence-electron chi connectivity index (χ3n) is 6.31. The monoisotopic (exact) mass is 334 g/mol. The van der Waals surface area contributed by atoms with Crippen LogP contribution in [-0.2, 0) is 9.59 Å². The first-order chi connectivity index (χ1) is 11.3. The number of piperidine rings is 1. The second kappa shape index (κ2) is 6.68. The van der Waals surface area contributed by atoms with E-state index in [9.17, 15) is 9.59 Å². The number of hydrogen-bond donors (Lipinski definition) is 0. The highest BCUT2D eigenvalue weighted by Crippen LogP contribution is 2.41. The van der Waals surface area contributed by atoms with Crippen molar-refractivity contribution in [1.29, 1.82) is 0 Å². The molecule has 0 radical (unpaired) electrons. The fourth-order valence-corrected chi connectivity index (χ4v) is 4.91. The lowest BCUT2D eigenvalue weighted by molar-refractivity contribution is -0.147. The number of amides is 2. The Morgan fingerprint density at radius 3 is 2.46 bits per heavy atom. The van der Waals surface area contributed by atoms with Gasteiger partial charge in [-0.15, -0.1) is 0 Å². The van der Waals surface area contributed by atoms with Gasteiger partial charge >= 0.3 is 0 Å². The van der Waals surface area contributed by atoms with E-state index in [1.807, 2.05) is 25.7 Å². The smallest absolute Gasteiger partial charge is 0.230 e. The van der Waals surface area contributed by atoms with Gasteiger partial charge in [-0.2, -0.15) is 0 Å². The van der Waals surface area contributed by atoms with E-state index in [0.717, 1.165) is 38.9 Å². The van der Waals surface area contributed by atoms with Crippen LogP contribution in [0, 0.1) is 16.7 Å². The lowest BCUT2D eigenvalue weighted by Gasteiger charge is -2.41. The van der Waals surface area contributed by atoms with E-state index in [2.05, 4.69) is 4.90 Å². The third kappa shape index (κ3) is 3.48. The molecule has 3 fully saturated rings. The van der Waals surface area contributed by atoms with Crippen molar-refractivity contribution in [3.63, 3.8) is 0 Å². The molecule has 2 amide bonds. The first-order valence-electron chi connectivity index (χ1n) is 9.91. The predicted molar refractivity (Wildman–Crippen MR) is 95.5 cm³/mol. The molecular weight excluding hydrogens is 300 g/mol. The Labute approximate surface area is 146 Å². The molecule has 1 atom stereocenters. The van der Waals surface area contributed by atoms with Gasteiger partial charge < -0.3 is 9.80 Å². The molecule has 2 saturated heterocycles. The lowest BCUT2D eigenvalue weighted by atomic mass is 9.77. The maximum Gasteiger partial charge on any atom is 0.230 e. The minimum atomic E-state index is -0.356. The van der Waals surface area contributed by atoms with Crippen molar-refractivity contribution in [3.8, 4) is 0 Å². The molecule has 24 heavy (non-hydrogen) atoms. The number of rotatable bonds is 2. The Bertz CT molecular complexity index is 490. The normalized spacial score (nSPS) is 29.5. The van der Waals surface area contributed by atoms with Crippen molar-refractivity contribution < 1.29 is 9.59 Å². The number of nitrogens with zero attached hydrogens (tertiary/aromatic N) is 2. The maximum absolute atomic E-state index is 13.2. The van der Waals surface area contributed by atoms with Gasteiger partial charge in [0.2, 0.25) is 11.8 Å². The zero-order valence-electron chi connectivity index (χ0n) is 15.8. The molecule has 0 N–H and O–H groups in total. The molecular formula is C20H34N2O2. The summed E-state index contributed by atoms with van der Waals surface area (Å²) >= 11 is 0. The summed E-state index contributed by atoms with van der Waals surface area (Å²) in [5.41, 5.74) is -0.640. The van der Waals surface area contributed by atoms with Crippen LogP contribution in [0.25, 0.3) is 0 Å². The van der Waals surface area contributed by atoms with Crippen LogP contribution in [0.5, 0.6) is 0 Å². The van der Waals surface area contributed by atoms with E-state index >= 15 is 0 Å². The van der Waals surface area contributed by atoms with Crippen LogP contribution in [-0.4, -0.2) is 47.8 Å². The molecule has 136 valence electrons. The molecule has 1 saturated carbocycles. The molecule has 1 spiro atoms. The average Bonchev–Trinajstić information content (AvgIpc) is 2.96. The van der Waals surface area contributed by atoms with E-state index < -0.39 is 0 Å².